The predicted molar refractivity (Wildman–Crippen MR) is 87.2 cm³/mol. The molecule has 4 nitrogen and oxygen atoms in total. The molecular formula is C16H10ClF3N4. The summed E-state index contributed by atoms with van der Waals surface area (Å²) < 4.78 is 39.4. The minimum absolute atomic E-state index is 0.0282. The molecule has 0 radical (unpaired) electrons. The number of nitrogens with zero attached hydrogens (tertiary/aromatic N) is 3. The Balaban J connectivity index is 2.00. The Kier molecular flexibility index (Phi) is 4.35. The van der Waals surface area contributed by atoms with Crippen molar-refractivity contribution in [3.63, 3.8) is 0 Å². The lowest BCUT2D eigenvalue weighted by atomic mass is 10.1. The van der Waals surface area contributed by atoms with Crippen molar-refractivity contribution in [2.24, 2.45) is 5.10 Å². The number of pyridine rings is 2. The quantitative estimate of drug-likeness (QED) is 0.548. The monoisotopic (exact) mass is 350 g/mol. The van der Waals surface area contributed by atoms with Crippen LogP contribution in [0.2, 0.25) is 5.02 Å². The molecule has 0 saturated carbocycles. The van der Waals surface area contributed by atoms with E-state index in [2.05, 4.69) is 20.5 Å². The third-order valence-corrected chi connectivity index (χ3v) is 3.40. The van der Waals surface area contributed by atoms with E-state index in [9.17, 15) is 13.2 Å². The van der Waals surface area contributed by atoms with Crippen molar-refractivity contribution >= 4 is 34.4 Å². The molecule has 0 unspecified atom stereocenters. The smallest absolute Gasteiger partial charge is 0.278 e. The average Bonchev–Trinajstić information content (AvgIpc) is 2.55. The summed E-state index contributed by atoms with van der Waals surface area (Å²) in [5.74, 6) is 0. The van der Waals surface area contributed by atoms with Crippen molar-refractivity contribution in [2.75, 3.05) is 5.43 Å². The highest BCUT2D eigenvalue weighted by molar-refractivity contribution is 6.31. The molecule has 0 spiro atoms. The molecule has 8 heteroatoms. The van der Waals surface area contributed by atoms with E-state index in [1.807, 2.05) is 0 Å². The lowest BCUT2D eigenvalue weighted by Gasteiger charge is -2.12. The van der Waals surface area contributed by atoms with Gasteiger partial charge in [0.2, 0.25) is 0 Å². The van der Waals surface area contributed by atoms with E-state index in [1.54, 1.807) is 24.4 Å². The van der Waals surface area contributed by atoms with Gasteiger partial charge in [-0.1, -0.05) is 17.7 Å². The normalized spacial score (nSPS) is 12.0. The molecule has 3 rings (SSSR count). The third kappa shape index (κ3) is 3.46. The van der Waals surface area contributed by atoms with Crippen LogP contribution >= 0.6 is 11.6 Å². The second-order valence-electron chi connectivity index (χ2n) is 4.83. The van der Waals surface area contributed by atoms with E-state index >= 15 is 0 Å². The summed E-state index contributed by atoms with van der Waals surface area (Å²) in [4.78, 5) is 7.89. The molecule has 0 fully saturated rings. The van der Waals surface area contributed by atoms with Crippen LogP contribution in [0.1, 0.15) is 11.3 Å². The van der Waals surface area contributed by atoms with Gasteiger partial charge < -0.3 is 0 Å². The average molecular weight is 351 g/mol. The van der Waals surface area contributed by atoms with Crippen LogP contribution in [0.3, 0.4) is 0 Å². The number of fused-ring (bicyclic) bond motifs is 1. The summed E-state index contributed by atoms with van der Waals surface area (Å²) in [7, 11) is 0. The molecule has 2 aromatic heterocycles. The fourth-order valence-electron chi connectivity index (χ4n) is 2.15. The Hall–Kier alpha value is -2.67. The maximum atomic E-state index is 13.1. The van der Waals surface area contributed by atoms with Crippen LogP contribution in [-0.2, 0) is 6.18 Å². The standard InChI is InChI=1S/C16H10ClF3N4/c17-10-7-12-14(24-23-9-11-3-1-2-5-21-11)4-6-22-15(12)13(8-10)16(18,19)20/h1-9H,(H,22,24)/b23-9+. The zero-order valence-corrected chi connectivity index (χ0v) is 12.8. The number of hydrazone groups is 1. The number of halogens is 4. The number of rotatable bonds is 3. The third-order valence-electron chi connectivity index (χ3n) is 3.18. The van der Waals surface area contributed by atoms with Crippen molar-refractivity contribution < 1.29 is 13.2 Å². The van der Waals surface area contributed by atoms with Crippen LogP contribution in [0.4, 0.5) is 18.9 Å². The highest BCUT2D eigenvalue weighted by Gasteiger charge is 2.34. The molecule has 0 saturated heterocycles. The second-order valence-corrected chi connectivity index (χ2v) is 5.27. The Morgan fingerprint density at radius 2 is 1.92 bits per heavy atom. The van der Waals surface area contributed by atoms with Crippen molar-refractivity contribution in [3.05, 3.63) is 65.1 Å². The summed E-state index contributed by atoms with van der Waals surface area (Å²) >= 11 is 5.83. The van der Waals surface area contributed by atoms with Gasteiger partial charge in [0.15, 0.2) is 0 Å². The lowest BCUT2D eigenvalue weighted by molar-refractivity contribution is -0.136. The molecule has 1 N–H and O–H groups in total. The van der Waals surface area contributed by atoms with E-state index in [0.29, 0.717) is 11.4 Å². The molecule has 122 valence electrons. The topological polar surface area (TPSA) is 50.2 Å². The van der Waals surface area contributed by atoms with E-state index in [-0.39, 0.29) is 15.9 Å². The molecule has 0 amide bonds. The second kappa shape index (κ2) is 6.45. The van der Waals surface area contributed by atoms with Gasteiger partial charge in [-0.3, -0.25) is 15.4 Å². The van der Waals surface area contributed by atoms with Crippen molar-refractivity contribution in [1.29, 1.82) is 0 Å². The van der Waals surface area contributed by atoms with Crippen molar-refractivity contribution in [2.45, 2.75) is 6.18 Å². The van der Waals surface area contributed by atoms with Crippen LogP contribution in [-0.4, -0.2) is 16.2 Å². The van der Waals surface area contributed by atoms with Crippen molar-refractivity contribution in [3.8, 4) is 0 Å². The largest absolute Gasteiger partial charge is 0.418 e. The van der Waals surface area contributed by atoms with Gasteiger partial charge in [0.25, 0.3) is 0 Å². The first-order chi connectivity index (χ1) is 11.4. The maximum absolute atomic E-state index is 13.1. The fourth-order valence-corrected chi connectivity index (χ4v) is 2.37. The summed E-state index contributed by atoms with van der Waals surface area (Å²) in [6.45, 7) is 0. The number of alkyl halides is 3. The molecule has 24 heavy (non-hydrogen) atoms. The fraction of sp³-hybridized carbons (Fsp3) is 0.0625. The first-order valence-electron chi connectivity index (χ1n) is 6.81. The van der Waals surface area contributed by atoms with Gasteiger partial charge in [0, 0.05) is 22.8 Å². The van der Waals surface area contributed by atoms with E-state index in [4.69, 9.17) is 11.6 Å². The first-order valence-corrected chi connectivity index (χ1v) is 7.18. The lowest BCUT2D eigenvalue weighted by Crippen LogP contribution is -2.07. The number of hydrogen-bond acceptors (Lipinski definition) is 4. The van der Waals surface area contributed by atoms with Crippen LogP contribution in [0.5, 0.6) is 0 Å². The first kappa shape index (κ1) is 16.2. The highest BCUT2D eigenvalue weighted by atomic mass is 35.5. The molecule has 0 aliphatic carbocycles. The summed E-state index contributed by atoms with van der Waals surface area (Å²) in [6, 6.07) is 9.10. The zero-order valence-electron chi connectivity index (χ0n) is 12.0. The van der Waals surface area contributed by atoms with Gasteiger partial charge in [-0.25, -0.2) is 0 Å². The molecule has 0 aliphatic rings. The van der Waals surface area contributed by atoms with Gasteiger partial charge in [-0.2, -0.15) is 18.3 Å². The Morgan fingerprint density at radius 3 is 2.62 bits per heavy atom. The maximum Gasteiger partial charge on any atom is 0.418 e. The van der Waals surface area contributed by atoms with Gasteiger partial charge >= 0.3 is 6.18 Å². The minimum Gasteiger partial charge on any atom is -0.278 e. The highest BCUT2D eigenvalue weighted by Crippen LogP contribution is 2.37. The molecule has 0 aliphatic heterocycles. The minimum atomic E-state index is -4.55. The summed E-state index contributed by atoms with van der Waals surface area (Å²) in [5, 5.41) is 4.20. The SMILES string of the molecule is FC(F)(F)c1cc(Cl)cc2c(N/N=C/c3ccccn3)ccnc12. The molecule has 0 atom stereocenters. The molecule has 1 aromatic carbocycles. The number of nitrogens with one attached hydrogen (secondary N) is 1. The molecule has 3 aromatic rings. The van der Waals surface area contributed by atoms with Crippen LogP contribution in [0.25, 0.3) is 10.9 Å². The Bertz CT molecular complexity index is 895. The van der Waals surface area contributed by atoms with Gasteiger partial charge in [-0.05, 0) is 30.3 Å². The van der Waals surface area contributed by atoms with E-state index in [1.165, 1.54) is 24.5 Å². The van der Waals surface area contributed by atoms with Crippen LogP contribution < -0.4 is 5.43 Å². The van der Waals surface area contributed by atoms with E-state index < -0.39 is 11.7 Å². The van der Waals surface area contributed by atoms with Crippen LogP contribution in [0, 0.1) is 0 Å². The molecule has 0 bridgehead atoms. The van der Waals surface area contributed by atoms with Gasteiger partial charge in [0.05, 0.1) is 28.7 Å². The number of aromatic nitrogens is 2. The van der Waals surface area contributed by atoms with Gasteiger partial charge in [0.1, 0.15) is 0 Å². The van der Waals surface area contributed by atoms with Crippen LogP contribution in [0.15, 0.2) is 53.9 Å². The Morgan fingerprint density at radius 1 is 1.08 bits per heavy atom. The molecule has 2 heterocycles. The number of hydrogen-bond donors (Lipinski definition) is 1. The van der Waals surface area contributed by atoms with Gasteiger partial charge in [-0.15, -0.1) is 0 Å². The zero-order chi connectivity index (χ0) is 17.2. The number of benzene rings is 1. The molecular weight excluding hydrogens is 341 g/mol. The van der Waals surface area contributed by atoms with E-state index in [0.717, 1.165) is 6.07 Å². The number of anilines is 1. The predicted octanol–water partition coefficient (Wildman–Crippen LogP) is 4.75. The summed E-state index contributed by atoms with van der Waals surface area (Å²) in [5.41, 5.74) is 2.60. The van der Waals surface area contributed by atoms with Crippen molar-refractivity contribution in [1.82, 2.24) is 9.97 Å². The Labute approximate surface area is 140 Å². The summed E-state index contributed by atoms with van der Waals surface area (Å²) in [6.07, 6.45) is -0.198.